The van der Waals surface area contributed by atoms with E-state index in [1.165, 1.54) is 26.0 Å². The van der Waals surface area contributed by atoms with Crippen LogP contribution in [0.25, 0.3) is 0 Å². The zero-order valence-electron chi connectivity index (χ0n) is 22.5. The minimum Gasteiger partial charge on any atom is -0.480 e. The number of amides is 7. The molecule has 12 N–H and O–H groups in total. The number of aromatic nitrogens is 1. The number of aromatic amines is 1. The Kier molecular flexibility index (Phi) is 14.0. The van der Waals surface area contributed by atoms with Crippen LogP contribution >= 0.6 is 0 Å². The molecule has 0 bridgehead atoms. The Bertz CT molecular complexity index is 1150. The van der Waals surface area contributed by atoms with Gasteiger partial charge in [-0.2, -0.15) is 0 Å². The number of rotatable bonds is 17. The van der Waals surface area contributed by atoms with Gasteiger partial charge in [0.15, 0.2) is 0 Å². The lowest BCUT2D eigenvalue weighted by Crippen LogP contribution is -2.49. The highest BCUT2D eigenvalue weighted by Crippen LogP contribution is 2.02. The molecule has 226 valence electrons. The molecular weight excluding hydrogens is 546 g/mol. The van der Waals surface area contributed by atoms with Crippen molar-refractivity contribution < 1.29 is 43.5 Å². The Labute approximate surface area is 234 Å². The molecule has 0 unspecified atom stereocenters. The third kappa shape index (κ3) is 13.6. The van der Waals surface area contributed by atoms with Crippen LogP contribution in [0.2, 0.25) is 0 Å². The van der Waals surface area contributed by atoms with Crippen LogP contribution in [0.5, 0.6) is 0 Å². The van der Waals surface area contributed by atoms with E-state index in [2.05, 4.69) is 36.9 Å². The monoisotopic (exact) mass is 581 g/mol. The van der Waals surface area contributed by atoms with Crippen molar-refractivity contribution in [2.45, 2.75) is 51.4 Å². The number of carboxylic acids is 1. The lowest BCUT2D eigenvalue weighted by Gasteiger charge is -2.15. The fourth-order valence-corrected chi connectivity index (χ4v) is 2.95. The van der Waals surface area contributed by atoms with Crippen molar-refractivity contribution in [2.24, 2.45) is 11.5 Å². The molecule has 18 heteroatoms. The third-order valence-electron chi connectivity index (χ3n) is 5.28. The van der Waals surface area contributed by atoms with E-state index < -0.39 is 85.1 Å². The van der Waals surface area contributed by atoms with Crippen LogP contribution in [0.3, 0.4) is 0 Å². The van der Waals surface area contributed by atoms with Crippen LogP contribution in [-0.4, -0.2) is 95.2 Å². The number of hydrogen-bond donors (Lipinski definition) is 10. The predicted octanol–water partition coefficient (Wildman–Crippen LogP) is -4.72. The number of carbonyl (C=O) groups is 8. The highest BCUT2D eigenvalue weighted by molar-refractivity contribution is 5.96. The van der Waals surface area contributed by atoms with Crippen molar-refractivity contribution in [3.63, 3.8) is 0 Å². The van der Waals surface area contributed by atoms with Crippen LogP contribution in [0, 0.1) is 0 Å². The van der Waals surface area contributed by atoms with Crippen molar-refractivity contribution in [3.8, 4) is 0 Å². The minimum absolute atomic E-state index is 0.0240. The summed E-state index contributed by atoms with van der Waals surface area (Å²) >= 11 is 0. The first-order valence-corrected chi connectivity index (χ1v) is 12.3. The van der Waals surface area contributed by atoms with Crippen molar-refractivity contribution >= 4 is 47.3 Å². The molecule has 1 rings (SSSR count). The Morgan fingerprint density at radius 1 is 0.805 bits per heavy atom. The number of nitrogens with one attached hydrogen (secondary N) is 7. The summed E-state index contributed by atoms with van der Waals surface area (Å²) in [7, 11) is 0. The molecular formula is C23H35N9O9. The van der Waals surface area contributed by atoms with Gasteiger partial charge < -0.3 is 53.5 Å². The van der Waals surface area contributed by atoms with Gasteiger partial charge in [-0.3, -0.25) is 38.4 Å². The average molecular weight is 582 g/mol. The van der Waals surface area contributed by atoms with Gasteiger partial charge in [-0.15, -0.1) is 0 Å². The van der Waals surface area contributed by atoms with Crippen molar-refractivity contribution in [1.82, 2.24) is 36.9 Å². The molecule has 41 heavy (non-hydrogen) atoms. The van der Waals surface area contributed by atoms with E-state index in [4.69, 9.17) is 16.6 Å². The lowest BCUT2D eigenvalue weighted by atomic mass is 10.1. The molecule has 0 spiro atoms. The maximum Gasteiger partial charge on any atom is 0.325 e. The summed E-state index contributed by atoms with van der Waals surface area (Å²) in [5, 5.41) is 22.7. The molecule has 0 saturated heterocycles. The number of aliphatic carboxylic acids is 1. The van der Waals surface area contributed by atoms with Gasteiger partial charge in [0, 0.05) is 12.1 Å². The fourth-order valence-electron chi connectivity index (χ4n) is 2.95. The van der Waals surface area contributed by atoms with E-state index in [9.17, 15) is 38.4 Å². The van der Waals surface area contributed by atoms with Crippen LogP contribution < -0.4 is 43.4 Å². The topological polar surface area (TPSA) is 297 Å². The number of nitrogens with two attached hydrogens (primary N) is 2. The van der Waals surface area contributed by atoms with Gasteiger partial charge in [-0.25, -0.2) is 0 Å². The van der Waals surface area contributed by atoms with E-state index in [0.29, 0.717) is 5.69 Å². The molecule has 0 aliphatic rings. The summed E-state index contributed by atoms with van der Waals surface area (Å²) in [6, 6.07) is -0.177. The largest absolute Gasteiger partial charge is 0.480 e. The van der Waals surface area contributed by atoms with E-state index in [-0.39, 0.29) is 25.1 Å². The van der Waals surface area contributed by atoms with Gasteiger partial charge in [-0.05, 0) is 32.4 Å². The zero-order valence-corrected chi connectivity index (χ0v) is 22.5. The average Bonchev–Trinajstić information content (AvgIpc) is 3.39. The Hall–Kier alpha value is -5.00. The molecule has 1 aromatic rings. The maximum atomic E-state index is 12.3. The molecule has 0 aliphatic heterocycles. The summed E-state index contributed by atoms with van der Waals surface area (Å²) in [4.78, 5) is 96.0. The van der Waals surface area contributed by atoms with E-state index in [0.717, 1.165) is 0 Å². The first-order valence-electron chi connectivity index (χ1n) is 12.3. The molecule has 0 radical (unpaired) electrons. The normalized spacial score (nSPS) is 12.6. The highest BCUT2D eigenvalue weighted by atomic mass is 16.4. The Morgan fingerprint density at radius 3 is 2.00 bits per heavy atom. The van der Waals surface area contributed by atoms with E-state index in [1.54, 1.807) is 0 Å². The van der Waals surface area contributed by atoms with Crippen molar-refractivity contribution in [2.75, 3.05) is 19.6 Å². The number of primary amides is 1. The molecule has 0 aromatic carbocycles. The predicted molar refractivity (Wildman–Crippen MR) is 140 cm³/mol. The molecule has 0 fully saturated rings. The second kappa shape index (κ2) is 16.9. The second-order valence-corrected chi connectivity index (χ2v) is 8.82. The standard InChI is InChI=1S/C23H35N9O9/c1-11(30-19(36)10-28-21(38)14(24)4-6-16(25)33)20(37)27-7-13-3-5-15(32-13)22(39)29-8-17(34)26-9-18(35)31-12(2)23(40)41/h3,5,11-12,14,32H,4,6-10,24H2,1-2H3,(H2,25,33)(H,26,34)(H,27,37)(H,28,38)(H,29,39)(H,30,36)(H,31,35)(H,40,41)/t11-,12-,14-/m0/s1. The lowest BCUT2D eigenvalue weighted by molar-refractivity contribution is -0.141. The first kappa shape index (κ1) is 34.0. The number of carboxylic acid groups (broad SMARTS) is 1. The summed E-state index contributed by atoms with van der Waals surface area (Å²) in [5.41, 5.74) is 11.1. The summed E-state index contributed by atoms with van der Waals surface area (Å²) < 4.78 is 0. The molecule has 0 aliphatic carbocycles. The minimum atomic E-state index is -1.23. The summed E-state index contributed by atoms with van der Waals surface area (Å²) in [5.74, 6) is -5.74. The third-order valence-corrected chi connectivity index (χ3v) is 5.28. The zero-order chi connectivity index (χ0) is 31.1. The summed E-state index contributed by atoms with van der Waals surface area (Å²) in [6.07, 6.45) is -0.0577. The van der Waals surface area contributed by atoms with Crippen LogP contribution in [0.4, 0.5) is 0 Å². The Balaban J connectivity index is 2.37. The molecule has 3 atom stereocenters. The first-order chi connectivity index (χ1) is 19.2. The van der Waals surface area contributed by atoms with Crippen LogP contribution in [0.15, 0.2) is 12.1 Å². The summed E-state index contributed by atoms with van der Waals surface area (Å²) in [6.45, 7) is 1.29. The van der Waals surface area contributed by atoms with Gasteiger partial charge >= 0.3 is 5.97 Å². The molecule has 18 nitrogen and oxygen atoms in total. The maximum absolute atomic E-state index is 12.3. The Morgan fingerprint density at radius 2 is 1.39 bits per heavy atom. The van der Waals surface area contributed by atoms with Crippen molar-refractivity contribution in [3.05, 3.63) is 23.5 Å². The van der Waals surface area contributed by atoms with Gasteiger partial charge in [0.2, 0.25) is 35.4 Å². The highest BCUT2D eigenvalue weighted by Gasteiger charge is 2.19. The van der Waals surface area contributed by atoms with Crippen LogP contribution in [0.1, 0.15) is 42.9 Å². The SMILES string of the molecule is C[C@H](NC(=O)CNC(=O)CNC(=O)c1ccc(CNC(=O)[C@H](C)NC(=O)CNC(=O)[C@@H](N)CCC(N)=O)[nH]1)C(=O)O. The fraction of sp³-hybridized carbons (Fsp3) is 0.478. The van der Waals surface area contributed by atoms with Gasteiger partial charge in [0.05, 0.1) is 32.2 Å². The molecule has 1 heterocycles. The van der Waals surface area contributed by atoms with E-state index in [1.807, 2.05) is 0 Å². The van der Waals surface area contributed by atoms with Gasteiger partial charge in [-0.1, -0.05) is 0 Å². The molecule has 1 aromatic heterocycles. The smallest absolute Gasteiger partial charge is 0.325 e. The van der Waals surface area contributed by atoms with Gasteiger partial charge in [0.25, 0.3) is 5.91 Å². The quantitative estimate of drug-likeness (QED) is 0.0838. The number of hydrogen-bond acceptors (Lipinski definition) is 9. The van der Waals surface area contributed by atoms with Crippen LogP contribution in [-0.2, 0) is 40.1 Å². The number of carbonyl (C=O) groups excluding carboxylic acids is 7. The number of H-pyrrole nitrogens is 1. The molecule has 0 saturated carbocycles. The van der Waals surface area contributed by atoms with Crippen molar-refractivity contribution in [1.29, 1.82) is 0 Å². The molecule has 7 amide bonds. The second-order valence-electron chi connectivity index (χ2n) is 8.82. The van der Waals surface area contributed by atoms with Gasteiger partial charge in [0.1, 0.15) is 17.8 Å². The van der Waals surface area contributed by atoms with E-state index >= 15 is 0 Å².